The summed E-state index contributed by atoms with van der Waals surface area (Å²) >= 11 is 0. The lowest BCUT2D eigenvalue weighted by Gasteiger charge is -2.26. The molecule has 1 fully saturated rings. The van der Waals surface area contributed by atoms with Crippen molar-refractivity contribution in [2.24, 2.45) is 5.10 Å². The third-order valence-corrected chi connectivity index (χ3v) is 4.29. The molecule has 0 unspecified atom stereocenters. The summed E-state index contributed by atoms with van der Waals surface area (Å²) in [4.78, 5) is 14.5. The molecule has 0 saturated carbocycles. The summed E-state index contributed by atoms with van der Waals surface area (Å²) in [6, 6.07) is 16.5. The van der Waals surface area contributed by atoms with E-state index in [0.29, 0.717) is 11.3 Å². The van der Waals surface area contributed by atoms with E-state index in [0.717, 1.165) is 38.4 Å². The smallest absolute Gasteiger partial charge is 0.271 e. The van der Waals surface area contributed by atoms with Gasteiger partial charge in [0.2, 0.25) is 0 Å². The fourth-order valence-electron chi connectivity index (χ4n) is 2.77. The van der Waals surface area contributed by atoms with Crippen molar-refractivity contribution in [1.82, 2.24) is 10.3 Å². The van der Waals surface area contributed by atoms with Gasteiger partial charge in [0.05, 0.1) is 19.4 Å². The number of hydrazone groups is 1. The molecule has 28 heavy (non-hydrogen) atoms. The van der Waals surface area contributed by atoms with E-state index < -0.39 is 0 Å². The van der Waals surface area contributed by atoms with E-state index in [1.807, 2.05) is 30.3 Å². The highest BCUT2D eigenvalue weighted by molar-refractivity contribution is 5.94. The summed E-state index contributed by atoms with van der Waals surface area (Å²) in [6.07, 6.45) is 1.55. The monoisotopic (exact) mass is 378 g/mol. The van der Waals surface area contributed by atoms with Crippen LogP contribution >= 0.6 is 0 Å². The molecule has 2 aromatic rings. The van der Waals surface area contributed by atoms with Crippen LogP contribution in [0.3, 0.4) is 0 Å². The fourth-order valence-corrected chi connectivity index (χ4v) is 2.77. The highest BCUT2D eigenvalue weighted by Gasteiger charge is 2.11. The standard InChI is InChI=1S/C21H22N4O3/c22-9-12-28-20-7-3-17(4-8-20)15-23-24-21(26)19-5-1-18(2-6-19)16-25-10-13-27-14-11-25/h1-8,15H,10-14,16H2,(H,24,26). The molecular formula is C21H22N4O3. The van der Waals surface area contributed by atoms with Crippen LogP contribution in [0.5, 0.6) is 5.75 Å². The first-order valence-electron chi connectivity index (χ1n) is 9.07. The SMILES string of the molecule is N#CCOc1ccc(C=NNC(=O)c2ccc(CN3CCOCC3)cc2)cc1. The summed E-state index contributed by atoms with van der Waals surface area (Å²) in [7, 11) is 0. The van der Waals surface area contributed by atoms with Crippen molar-refractivity contribution in [1.29, 1.82) is 5.26 Å². The maximum Gasteiger partial charge on any atom is 0.271 e. The van der Waals surface area contributed by atoms with Gasteiger partial charge in [0.1, 0.15) is 11.8 Å². The molecule has 1 heterocycles. The molecule has 0 atom stereocenters. The normalized spacial score (nSPS) is 14.5. The Morgan fingerprint density at radius 2 is 1.89 bits per heavy atom. The van der Waals surface area contributed by atoms with Crippen molar-refractivity contribution in [2.75, 3.05) is 32.9 Å². The number of nitriles is 1. The van der Waals surface area contributed by atoms with Crippen molar-refractivity contribution < 1.29 is 14.3 Å². The van der Waals surface area contributed by atoms with E-state index in [1.165, 1.54) is 5.56 Å². The lowest BCUT2D eigenvalue weighted by atomic mass is 10.1. The number of nitrogens with one attached hydrogen (secondary N) is 1. The van der Waals surface area contributed by atoms with E-state index in [1.54, 1.807) is 30.5 Å². The first-order chi connectivity index (χ1) is 13.7. The van der Waals surface area contributed by atoms with Crippen molar-refractivity contribution in [3.05, 3.63) is 65.2 Å². The number of carbonyl (C=O) groups excluding carboxylic acids is 1. The second kappa shape index (κ2) is 10.2. The predicted molar refractivity (Wildman–Crippen MR) is 105 cm³/mol. The topological polar surface area (TPSA) is 86.9 Å². The number of benzene rings is 2. The molecule has 1 aliphatic heterocycles. The zero-order chi connectivity index (χ0) is 19.6. The first kappa shape index (κ1) is 19.5. The van der Waals surface area contributed by atoms with Crippen molar-refractivity contribution in [3.8, 4) is 11.8 Å². The van der Waals surface area contributed by atoms with Crippen LogP contribution in [0, 0.1) is 11.3 Å². The van der Waals surface area contributed by atoms with Gasteiger partial charge in [-0.3, -0.25) is 9.69 Å². The van der Waals surface area contributed by atoms with Gasteiger partial charge in [-0.2, -0.15) is 10.4 Å². The fraction of sp³-hybridized carbons (Fsp3) is 0.286. The van der Waals surface area contributed by atoms with E-state index in [4.69, 9.17) is 14.7 Å². The van der Waals surface area contributed by atoms with Crippen LogP contribution < -0.4 is 10.2 Å². The minimum absolute atomic E-state index is 0.00866. The Balaban J connectivity index is 1.48. The molecule has 0 bridgehead atoms. The number of hydrogen-bond donors (Lipinski definition) is 1. The predicted octanol–water partition coefficient (Wildman–Crippen LogP) is 2.19. The van der Waals surface area contributed by atoms with Gasteiger partial charge in [0.15, 0.2) is 6.61 Å². The van der Waals surface area contributed by atoms with Crippen molar-refractivity contribution in [3.63, 3.8) is 0 Å². The Morgan fingerprint density at radius 3 is 2.57 bits per heavy atom. The van der Waals surface area contributed by atoms with Crippen LogP contribution in [0.4, 0.5) is 0 Å². The molecule has 7 heteroatoms. The molecule has 1 N–H and O–H groups in total. The van der Waals surface area contributed by atoms with E-state index >= 15 is 0 Å². The Hall–Kier alpha value is -3.21. The van der Waals surface area contributed by atoms with Crippen LogP contribution in [-0.4, -0.2) is 49.9 Å². The molecule has 1 amide bonds. The number of hydrogen-bond acceptors (Lipinski definition) is 6. The molecule has 0 spiro atoms. The molecule has 2 aromatic carbocycles. The summed E-state index contributed by atoms with van der Waals surface area (Å²) in [6.45, 7) is 4.28. The molecule has 0 radical (unpaired) electrons. The molecule has 1 saturated heterocycles. The number of ether oxygens (including phenoxy) is 2. The van der Waals surface area contributed by atoms with Crippen LogP contribution in [0.25, 0.3) is 0 Å². The minimum atomic E-state index is -0.261. The van der Waals surface area contributed by atoms with Crippen LogP contribution in [0.15, 0.2) is 53.6 Å². The lowest BCUT2D eigenvalue weighted by Crippen LogP contribution is -2.35. The zero-order valence-corrected chi connectivity index (χ0v) is 15.5. The number of nitrogens with zero attached hydrogens (tertiary/aromatic N) is 3. The van der Waals surface area contributed by atoms with Gasteiger partial charge in [-0.25, -0.2) is 5.43 Å². The van der Waals surface area contributed by atoms with Crippen LogP contribution in [0.2, 0.25) is 0 Å². The maximum atomic E-state index is 12.2. The van der Waals surface area contributed by atoms with E-state index in [-0.39, 0.29) is 12.5 Å². The largest absolute Gasteiger partial charge is 0.479 e. The Labute approximate surface area is 164 Å². The first-order valence-corrected chi connectivity index (χ1v) is 9.07. The van der Waals surface area contributed by atoms with Gasteiger partial charge in [0.25, 0.3) is 5.91 Å². The molecule has 144 valence electrons. The third-order valence-electron chi connectivity index (χ3n) is 4.29. The molecule has 0 aliphatic carbocycles. The minimum Gasteiger partial charge on any atom is -0.479 e. The molecule has 0 aromatic heterocycles. The highest BCUT2D eigenvalue weighted by atomic mass is 16.5. The molecule has 1 aliphatic rings. The third kappa shape index (κ3) is 5.91. The van der Waals surface area contributed by atoms with Crippen LogP contribution in [-0.2, 0) is 11.3 Å². The summed E-state index contributed by atoms with van der Waals surface area (Å²) in [5, 5.41) is 12.5. The van der Waals surface area contributed by atoms with Gasteiger partial charge in [-0.15, -0.1) is 0 Å². The quantitative estimate of drug-likeness (QED) is 0.589. The molecule has 7 nitrogen and oxygen atoms in total. The van der Waals surface area contributed by atoms with Gasteiger partial charge in [0, 0.05) is 25.2 Å². The summed E-state index contributed by atoms with van der Waals surface area (Å²) in [5.41, 5.74) is 5.06. The van der Waals surface area contributed by atoms with Crippen molar-refractivity contribution in [2.45, 2.75) is 6.54 Å². The lowest BCUT2D eigenvalue weighted by molar-refractivity contribution is 0.0342. The second-order valence-corrected chi connectivity index (χ2v) is 6.30. The van der Waals surface area contributed by atoms with Crippen molar-refractivity contribution >= 4 is 12.1 Å². The molecular weight excluding hydrogens is 356 g/mol. The second-order valence-electron chi connectivity index (χ2n) is 6.30. The summed E-state index contributed by atoms with van der Waals surface area (Å²) < 4.78 is 10.5. The van der Waals surface area contributed by atoms with E-state index in [2.05, 4.69) is 15.4 Å². The zero-order valence-electron chi connectivity index (χ0n) is 15.5. The number of morpholine rings is 1. The van der Waals surface area contributed by atoms with Gasteiger partial charge < -0.3 is 9.47 Å². The van der Waals surface area contributed by atoms with Gasteiger partial charge >= 0.3 is 0 Å². The number of rotatable bonds is 7. The molecule has 3 rings (SSSR count). The van der Waals surface area contributed by atoms with E-state index in [9.17, 15) is 4.79 Å². The number of carbonyl (C=O) groups is 1. The summed E-state index contributed by atoms with van der Waals surface area (Å²) in [5.74, 6) is 0.350. The average molecular weight is 378 g/mol. The Kier molecular flexibility index (Phi) is 7.13. The Bertz CT molecular complexity index is 835. The maximum absolute atomic E-state index is 12.2. The van der Waals surface area contributed by atoms with Crippen LogP contribution in [0.1, 0.15) is 21.5 Å². The Morgan fingerprint density at radius 1 is 1.18 bits per heavy atom. The number of amides is 1. The average Bonchev–Trinajstić information content (AvgIpc) is 2.74. The van der Waals surface area contributed by atoms with Gasteiger partial charge in [-0.1, -0.05) is 12.1 Å². The van der Waals surface area contributed by atoms with Gasteiger partial charge in [-0.05, 0) is 47.5 Å². The highest BCUT2D eigenvalue weighted by Crippen LogP contribution is 2.11.